The van der Waals surface area contributed by atoms with Gasteiger partial charge in [-0.3, -0.25) is 24.8 Å². The van der Waals surface area contributed by atoms with Crippen molar-refractivity contribution >= 4 is 33.5 Å². The van der Waals surface area contributed by atoms with Gasteiger partial charge in [0.1, 0.15) is 11.2 Å². The third-order valence-electron chi connectivity index (χ3n) is 6.09. The van der Waals surface area contributed by atoms with Gasteiger partial charge in [-0.25, -0.2) is 4.98 Å². The maximum absolute atomic E-state index is 12.2. The van der Waals surface area contributed by atoms with Crippen molar-refractivity contribution in [3.8, 4) is 33.9 Å². The summed E-state index contributed by atoms with van der Waals surface area (Å²) in [7, 11) is 0. The van der Waals surface area contributed by atoms with Gasteiger partial charge in [-0.1, -0.05) is 19.9 Å². The van der Waals surface area contributed by atoms with Crippen molar-refractivity contribution in [2.45, 2.75) is 20.3 Å². The maximum atomic E-state index is 12.2. The second-order valence-electron chi connectivity index (χ2n) is 9.32. The second-order valence-corrected chi connectivity index (χ2v) is 9.32. The molecule has 0 saturated heterocycles. The van der Waals surface area contributed by atoms with Crippen LogP contribution in [-0.2, 0) is 4.79 Å². The number of amides is 1. The molecule has 5 aromatic heterocycles. The minimum atomic E-state index is -0.0213. The van der Waals surface area contributed by atoms with E-state index in [1.54, 1.807) is 31.0 Å². The van der Waals surface area contributed by atoms with E-state index in [0.717, 1.165) is 44.3 Å². The smallest absolute Gasteiger partial charge is 0.224 e. The summed E-state index contributed by atoms with van der Waals surface area (Å²) in [5.74, 6) is 0.912. The van der Waals surface area contributed by atoms with Crippen molar-refractivity contribution in [2.75, 3.05) is 5.32 Å². The standard InChI is InChI=1S/C28H24N8O/c1-16(2)11-24(37)32-20-12-19(14-30-15-20)18-3-4-22-21(13-18)26(36-35-22)28-33-23-7-10-31-25(27(23)34-28)17-5-8-29-9-6-17/h3-10,12-16H,11H2,1-2H3,(H,32,37)(H,33,34)(H,35,36). The van der Waals surface area contributed by atoms with Crippen LogP contribution < -0.4 is 5.32 Å². The number of hydrogen-bond acceptors (Lipinski definition) is 6. The Bertz CT molecular complexity index is 1740. The molecule has 6 aromatic rings. The number of rotatable bonds is 6. The first kappa shape index (κ1) is 22.5. The lowest BCUT2D eigenvalue weighted by atomic mass is 10.0. The zero-order chi connectivity index (χ0) is 25.4. The number of fused-ring (bicyclic) bond motifs is 2. The number of nitrogens with one attached hydrogen (secondary N) is 3. The molecule has 1 amide bonds. The minimum Gasteiger partial charge on any atom is -0.336 e. The van der Waals surface area contributed by atoms with Crippen LogP contribution in [0.5, 0.6) is 0 Å². The number of aromatic nitrogens is 7. The molecule has 0 spiro atoms. The molecule has 0 fully saturated rings. The van der Waals surface area contributed by atoms with Gasteiger partial charge in [0.15, 0.2) is 5.82 Å². The van der Waals surface area contributed by atoms with Gasteiger partial charge in [0.05, 0.1) is 28.6 Å². The number of carbonyl (C=O) groups excluding carboxylic acids is 1. The first-order valence-electron chi connectivity index (χ1n) is 12.0. The average molecular weight is 489 g/mol. The van der Waals surface area contributed by atoms with Crippen molar-refractivity contribution in [3.05, 3.63) is 73.4 Å². The van der Waals surface area contributed by atoms with E-state index in [0.29, 0.717) is 23.6 Å². The number of pyridine rings is 3. The summed E-state index contributed by atoms with van der Waals surface area (Å²) in [5.41, 5.74) is 7.49. The summed E-state index contributed by atoms with van der Waals surface area (Å²) >= 11 is 0. The van der Waals surface area contributed by atoms with Crippen molar-refractivity contribution in [1.29, 1.82) is 0 Å². The Labute approximate surface area is 212 Å². The maximum Gasteiger partial charge on any atom is 0.224 e. The highest BCUT2D eigenvalue weighted by atomic mass is 16.1. The molecule has 9 nitrogen and oxygen atoms in total. The van der Waals surface area contributed by atoms with E-state index in [9.17, 15) is 4.79 Å². The third-order valence-corrected chi connectivity index (χ3v) is 6.09. The van der Waals surface area contributed by atoms with E-state index in [1.807, 2.05) is 50.2 Å². The van der Waals surface area contributed by atoms with E-state index in [4.69, 9.17) is 4.98 Å². The minimum absolute atomic E-state index is 0.0213. The van der Waals surface area contributed by atoms with E-state index in [1.165, 1.54) is 0 Å². The van der Waals surface area contributed by atoms with E-state index >= 15 is 0 Å². The molecule has 37 heavy (non-hydrogen) atoms. The van der Waals surface area contributed by atoms with Gasteiger partial charge in [0.25, 0.3) is 0 Å². The molecule has 0 bridgehead atoms. The number of carbonyl (C=O) groups is 1. The fourth-order valence-electron chi connectivity index (χ4n) is 4.39. The Morgan fingerprint density at radius 1 is 0.892 bits per heavy atom. The van der Waals surface area contributed by atoms with Gasteiger partial charge in [-0.15, -0.1) is 0 Å². The molecule has 0 aliphatic rings. The normalized spacial score (nSPS) is 11.4. The number of aromatic amines is 2. The topological polar surface area (TPSA) is 125 Å². The Balaban J connectivity index is 1.38. The zero-order valence-corrected chi connectivity index (χ0v) is 20.4. The summed E-state index contributed by atoms with van der Waals surface area (Å²) in [6.45, 7) is 4.04. The third kappa shape index (κ3) is 4.42. The highest BCUT2D eigenvalue weighted by Gasteiger charge is 2.16. The molecule has 3 N–H and O–H groups in total. The van der Waals surface area contributed by atoms with E-state index < -0.39 is 0 Å². The summed E-state index contributed by atoms with van der Waals surface area (Å²) in [6.07, 6.45) is 9.15. The number of imidazole rings is 1. The molecule has 0 atom stereocenters. The van der Waals surface area contributed by atoms with Crippen molar-refractivity contribution in [1.82, 2.24) is 35.1 Å². The summed E-state index contributed by atoms with van der Waals surface area (Å²) in [6, 6.07) is 13.7. The number of H-pyrrole nitrogens is 2. The van der Waals surface area contributed by atoms with Gasteiger partial charge in [0, 0.05) is 47.7 Å². The van der Waals surface area contributed by atoms with Crippen LogP contribution in [0.1, 0.15) is 20.3 Å². The predicted octanol–water partition coefficient (Wildman–Crippen LogP) is 5.61. The van der Waals surface area contributed by atoms with Crippen LogP contribution in [-0.4, -0.2) is 41.0 Å². The highest BCUT2D eigenvalue weighted by Crippen LogP contribution is 2.32. The molecule has 0 radical (unpaired) electrons. The molecular formula is C28H24N8O. The Kier molecular flexibility index (Phi) is 5.65. The lowest BCUT2D eigenvalue weighted by Gasteiger charge is -2.09. The molecule has 182 valence electrons. The fourth-order valence-corrected chi connectivity index (χ4v) is 4.39. The zero-order valence-electron chi connectivity index (χ0n) is 20.4. The van der Waals surface area contributed by atoms with Gasteiger partial charge < -0.3 is 10.3 Å². The summed E-state index contributed by atoms with van der Waals surface area (Å²) in [5, 5.41) is 11.5. The molecule has 6 rings (SSSR count). The van der Waals surface area contributed by atoms with Crippen LogP contribution in [0.3, 0.4) is 0 Å². The fraction of sp³-hybridized carbons (Fsp3) is 0.143. The molecule has 0 saturated carbocycles. The largest absolute Gasteiger partial charge is 0.336 e. The van der Waals surface area contributed by atoms with Gasteiger partial charge >= 0.3 is 0 Å². The first-order chi connectivity index (χ1) is 18.0. The van der Waals surface area contributed by atoms with E-state index in [-0.39, 0.29) is 11.8 Å². The van der Waals surface area contributed by atoms with E-state index in [2.05, 4.69) is 41.5 Å². The van der Waals surface area contributed by atoms with Crippen LogP contribution >= 0.6 is 0 Å². The number of benzene rings is 1. The Morgan fingerprint density at radius 3 is 2.59 bits per heavy atom. The molecule has 0 aliphatic heterocycles. The molecule has 1 aromatic carbocycles. The molecule has 0 aliphatic carbocycles. The van der Waals surface area contributed by atoms with Crippen LogP contribution in [0.4, 0.5) is 5.69 Å². The van der Waals surface area contributed by atoms with Crippen LogP contribution in [0.25, 0.3) is 55.8 Å². The number of nitrogens with zero attached hydrogens (tertiary/aromatic N) is 5. The predicted molar refractivity (Wildman–Crippen MR) is 144 cm³/mol. The number of anilines is 1. The first-order valence-corrected chi connectivity index (χ1v) is 12.0. The molecule has 5 heterocycles. The monoisotopic (exact) mass is 488 g/mol. The average Bonchev–Trinajstić information content (AvgIpc) is 3.52. The summed E-state index contributed by atoms with van der Waals surface area (Å²) in [4.78, 5) is 33.5. The molecular weight excluding hydrogens is 464 g/mol. The molecule has 0 unspecified atom stereocenters. The van der Waals surface area contributed by atoms with Crippen molar-refractivity contribution < 1.29 is 4.79 Å². The Morgan fingerprint density at radius 2 is 1.76 bits per heavy atom. The molecule has 9 heteroatoms. The van der Waals surface area contributed by atoms with Crippen molar-refractivity contribution in [2.24, 2.45) is 5.92 Å². The summed E-state index contributed by atoms with van der Waals surface area (Å²) < 4.78 is 0. The van der Waals surface area contributed by atoms with Crippen LogP contribution in [0, 0.1) is 5.92 Å². The lowest BCUT2D eigenvalue weighted by molar-refractivity contribution is -0.116. The van der Waals surface area contributed by atoms with Gasteiger partial charge in [-0.05, 0) is 47.9 Å². The van der Waals surface area contributed by atoms with Crippen LogP contribution in [0.15, 0.2) is 73.4 Å². The highest BCUT2D eigenvalue weighted by molar-refractivity contribution is 5.98. The lowest BCUT2D eigenvalue weighted by Crippen LogP contribution is -2.13. The van der Waals surface area contributed by atoms with Gasteiger partial charge in [-0.2, -0.15) is 5.10 Å². The number of hydrogen-bond donors (Lipinski definition) is 3. The quantitative estimate of drug-likeness (QED) is 0.280. The van der Waals surface area contributed by atoms with Crippen LogP contribution in [0.2, 0.25) is 0 Å². The van der Waals surface area contributed by atoms with Gasteiger partial charge in [0.2, 0.25) is 5.91 Å². The SMILES string of the molecule is CC(C)CC(=O)Nc1cncc(-c2ccc3[nH]nc(-c4nc5c(-c6ccncc6)nccc5[nH]4)c3c2)c1. The van der Waals surface area contributed by atoms with Crippen molar-refractivity contribution in [3.63, 3.8) is 0 Å². The second kappa shape index (κ2) is 9.27. The Hall–Kier alpha value is -4.92.